The third-order valence-corrected chi connectivity index (χ3v) is 2.84. The quantitative estimate of drug-likeness (QED) is 0.768. The molecule has 0 saturated carbocycles. The highest BCUT2D eigenvalue weighted by molar-refractivity contribution is 5.75. The van der Waals surface area contributed by atoms with Crippen LogP contribution in [0.1, 0.15) is 45.3 Å². The molecule has 1 atom stereocenters. The molecule has 0 fully saturated rings. The summed E-state index contributed by atoms with van der Waals surface area (Å²) in [4.78, 5) is 16.2. The van der Waals surface area contributed by atoms with E-state index in [-0.39, 0.29) is 11.9 Å². The van der Waals surface area contributed by atoms with Crippen molar-refractivity contribution in [3.8, 4) is 0 Å². The molecule has 2 N–H and O–H groups in total. The van der Waals surface area contributed by atoms with Gasteiger partial charge in [-0.2, -0.15) is 0 Å². The van der Waals surface area contributed by atoms with Crippen LogP contribution in [0.5, 0.6) is 0 Å². The molecule has 0 aromatic carbocycles. The smallest absolute Gasteiger partial charge is 0.239 e. The summed E-state index contributed by atoms with van der Waals surface area (Å²) >= 11 is 0. The molecule has 1 unspecified atom stereocenters. The average molecular weight is 252 g/mol. The minimum absolute atomic E-state index is 0.0345. The summed E-state index contributed by atoms with van der Waals surface area (Å²) in [6.07, 6.45) is 2.81. The Morgan fingerprint density at radius 3 is 2.67 bits per heavy atom. The van der Waals surface area contributed by atoms with Gasteiger partial charge in [-0.1, -0.05) is 13.8 Å². The zero-order chi connectivity index (χ0) is 13.5. The van der Waals surface area contributed by atoms with Gasteiger partial charge in [-0.05, 0) is 20.4 Å². The van der Waals surface area contributed by atoms with E-state index in [1.807, 2.05) is 17.7 Å². The van der Waals surface area contributed by atoms with Crippen molar-refractivity contribution in [1.29, 1.82) is 0 Å². The molecule has 0 aliphatic rings. The van der Waals surface area contributed by atoms with Crippen LogP contribution in [-0.4, -0.2) is 28.5 Å². The number of rotatable bonds is 7. The maximum Gasteiger partial charge on any atom is 0.239 e. The molecule has 0 radical (unpaired) electrons. The molecule has 1 amide bonds. The van der Waals surface area contributed by atoms with Crippen LogP contribution in [0.4, 0.5) is 0 Å². The summed E-state index contributed by atoms with van der Waals surface area (Å²) in [5.41, 5.74) is 0.998. The van der Waals surface area contributed by atoms with Crippen LogP contribution in [0, 0.1) is 0 Å². The number of aryl methyl sites for hydroxylation is 1. The Kier molecular flexibility index (Phi) is 5.85. The molecular weight excluding hydrogens is 228 g/mol. The lowest BCUT2D eigenvalue weighted by Crippen LogP contribution is -2.27. The largest absolute Gasteiger partial charge is 0.355 e. The Bertz CT molecular complexity index is 386. The summed E-state index contributed by atoms with van der Waals surface area (Å²) in [7, 11) is 0. The van der Waals surface area contributed by atoms with E-state index >= 15 is 0 Å². The zero-order valence-electron chi connectivity index (χ0n) is 11.8. The van der Waals surface area contributed by atoms with Gasteiger partial charge >= 0.3 is 0 Å². The van der Waals surface area contributed by atoms with Crippen LogP contribution < -0.4 is 10.6 Å². The monoisotopic (exact) mass is 252 g/mol. The maximum atomic E-state index is 11.6. The van der Waals surface area contributed by atoms with E-state index in [0.717, 1.165) is 24.5 Å². The SMILES string of the molecule is CCNC(=O)Cn1cc(C(C)NCC)nc1CC. The van der Waals surface area contributed by atoms with Crippen molar-refractivity contribution in [2.24, 2.45) is 0 Å². The van der Waals surface area contributed by atoms with Crippen LogP contribution in [0.15, 0.2) is 6.20 Å². The minimum Gasteiger partial charge on any atom is -0.355 e. The minimum atomic E-state index is 0.0345. The Labute approximate surface area is 109 Å². The molecule has 1 aromatic heterocycles. The lowest BCUT2D eigenvalue weighted by atomic mass is 10.2. The Morgan fingerprint density at radius 2 is 2.11 bits per heavy atom. The van der Waals surface area contributed by atoms with E-state index in [4.69, 9.17) is 0 Å². The number of hydrogen-bond acceptors (Lipinski definition) is 3. The average Bonchev–Trinajstić information content (AvgIpc) is 2.72. The molecule has 0 aliphatic carbocycles. The number of likely N-dealkylation sites (N-methyl/N-ethyl adjacent to an activating group) is 1. The Balaban J connectivity index is 2.80. The first-order valence-corrected chi connectivity index (χ1v) is 6.68. The fraction of sp³-hybridized carbons (Fsp3) is 0.692. The first-order valence-electron chi connectivity index (χ1n) is 6.68. The van der Waals surface area contributed by atoms with Crippen molar-refractivity contribution in [2.75, 3.05) is 13.1 Å². The molecule has 0 bridgehead atoms. The predicted octanol–water partition coefficient (Wildman–Crippen LogP) is 1.25. The van der Waals surface area contributed by atoms with Gasteiger partial charge in [0.1, 0.15) is 12.4 Å². The van der Waals surface area contributed by atoms with Crippen molar-refractivity contribution >= 4 is 5.91 Å². The van der Waals surface area contributed by atoms with Crippen LogP contribution in [0.2, 0.25) is 0 Å². The molecule has 0 spiro atoms. The third-order valence-electron chi connectivity index (χ3n) is 2.84. The number of nitrogens with one attached hydrogen (secondary N) is 2. The summed E-state index contributed by atoms with van der Waals surface area (Å²) < 4.78 is 1.94. The molecule has 1 rings (SSSR count). The van der Waals surface area contributed by atoms with E-state index < -0.39 is 0 Å². The Hall–Kier alpha value is -1.36. The number of nitrogens with zero attached hydrogens (tertiary/aromatic N) is 2. The number of amides is 1. The van der Waals surface area contributed by atoms with Gasteiger partial charge in [0.15, 0.2) is 0 Å². The number of aromatic nitrogens is 2. The second-order valence-corrected chi connectivity index (χ2v) is 4.30. The first-order chi connectivity index (χ1) is 8.62. The standard InChI is InChI=1S/C13H24N4O/c1-5-12-16-11(10(4)14-6-2)8-17(12)9-13(18)15-7-3/h8,10,14H,5-7,9H2,1-4H3,(H,15,18). The van der Waals surface area contributed by atoms with Gasteiger partial charge < -0.3 is 15.2 Å². The highest BCUT2D eigenvalue weighted by Gasteiger charge is 2.13. The van der Waals surface area contributed by atoms with Gasteiger partial charge in [-0.25, -0.2) is 4.98 Å². The number of carbonyl (C=O) groups is 1. The van der Waals surface area contributed by atoms with Crippen molar-refractivity contribution in [3.05, 3.63) is 17.7 Å². The van der Waals surface area contributed by atoms with E-state index in [1.54, 1.807) is 0 Å². The number of imidazole rings is 1. The topological polar surface area (TPSA) is 59.0 Å². The van der Waals surface area contributed by atoms with Crippen LogP contribution in [0.3, 0.4) is 0 Å². The van der Waals surface area contributed by atoms with Gasteiger partial charge in [-0.3, -0.25) is 4.79 Å². The molecule has 18 heavy (non-hydrogen) atoms. The fourth-order valence-electron chi connectivity index (χ4n) is 1.92. The lowest BCUT2D eigenvalue weighted by molar-refractivity contribution is -0.121. The predicted molar refractivity (Wildman–Crippen MR) is 72.4 cm³/mol. The zero-order valence-corrected chi connectivity index (χ0v) is 11.8. The van der Waals surface area contributed by atoms with Crippen molar-refractivity contribution in [2.45, 2.75) is 46.7 Å². The second kappa shape index (κ2) is 7.16. The van der Waals surface area contributed by atoms with E-state index in [2.05, 4.69) is 36.4 Å². The van der Waals surface area contributed by atoms with Crippen molar-refractivity contribution in [3.63, 3.8) is 0 Å². The summed E-state index contributed by atoms with van der Waals surface area (Å²) in [6, 6.07) is 0.218. The molecular formula is C13H24N4O. The second-order valence-electron chi connectivity index (χ2n) is 4.30. The van der Waals surface area contributed by atoms with Gasteiger partial charge in [-0.15, -0.1) is 0 Å². The normalized spacial score (nSPS) is 12.4. The number of hydrogen-bond donors (Lipinski definition) is 2. The molecule has 1 heterocycles. The summed E-state index contributed by atoms with van der Waals surface area (Å²) in [5.74, 6) is 0.994. The summed E-state index contributed by atoms with van der Waals surface area (Å²) in [5, 5.41) is 6.13. The molecule has 102 valence electrons. The van der Waals surface area contributed by atoms with Crippen LogP contribution in [-0.2, 0) is 17.8 Å². The Morgan fingerprint density at radius 1 is 1.39 bits per heavy atom. The molecule has 5 heteroatoms. The van der Waals surface area contributed by atoms with Crippen molar-refractivity contribution < 1.29 is 4.79 Å². The lowest BCUT2D eigenvalue weighted by Gasteiger charge is -2.08. The highest BCUT2D eigenvalue weighted by Crippen LogP contribution is 2.12. The van der Waals surface area contributed by atoms with E-state index in [0.29, 0.717) is 13.1 Å². The first kappa shape index (κ1) is 14.7. The van der Waals surface area contributed by atoms with Gasteiger partial charge in [0.05, 0.1) is 5.69 Å². The molecule has 0 aliphatic heterocycles. The van der Waals surface area contributed by atoms with Crippen LogP contribution in [0.25, 0.3) is 0 Å². The van der Waals surface area contributed by atoms with E-state index in [1.165, 1.54) is 0 Å². The van der Waals surface area contributed by atoms with Gasteiger partial charge in [0.25, 0.3) is 0 Å². The molecule has 0 saturated heterocycles. The third kappa shape index (κ3) is 3.84. The fourth-order valence-corrected chi connectivity index (χ4v) is 1.92. The molecule has 5 nitrogen and oxygen atoms in total. The molecule has 1 aromatic rings. The maximum absolute atomic E-state index is 11.6. The summed E-state index contributed by atoms with van der Waals surface area (Å²) in [6.45, 7) is 10.1. The van der Waals surface area contributed by atoms with Gasteiger partial charge in [0, 0.05) is 25.2 Å². The van der Waals surface area contributed by atoms with Crippen molar-refractivity contribution in [1.82, 2.24) is 20.2 Å². The highest BCUT2D eigenvalue weighted by atomic mass is 16.1. The number of carbonyl (C=O) groups excluding carboxylic acids is 1. The van der Waals surface area contributed by atoms with Crippen LogP contribution >= 0.6 is 0 Å². The van der Waals surface area contributed by atoms with Gasteiger partial charge in [0.2, 0.25) is 5.91 Å². The van der Waals surface area contributed by atoms with E-state index in [9.17, 15) is 4.79 Å².